The molecule has 0 aromatic heterocycles. The summed E-state index contributed by atoms with van der Waals surface area (Å²) in [6.07, 6.45) is -3.01. The summed E-state index contributed by atoms with van der Waals surface area (Å²) in [7, 11) is 0. The summed E-state index contributed by atoms with van der Waals surface area (Å²) >= 11 is 0. The molecule has 3 aliphatic rings. The Morgan fingerprint density at radius 2 is 1.94 bits per heavy atom. The molecular formula is C23H34F3N3O6. The number of carbonyl (C=O) groups excluding carboxylic acids is 4. The Morgan fingerprint density at radius 3 is 2.49 bits per heavy atom. The number of rotatable bonds is 10. The lowest BCUT2D eigenvalue weighted by molar-refractivity contribution is -0.321. The normalized spacial score (nSPS) is 25.3. The molecule has 1 aliphatic carbocycles. The van der Waals surface area contributed by atoms with Crippen LogP contribution in [0.3, 0.4) is 0 Å². The fourth-order valence-electron chi connectivity index (χ4n) is 4.95. The molecule has 3 N–H and O–H groups in total. The molecule has 1 saturated carbocycles. The van der Waals surface area contributed by atoms with Crippen LogP contribution >= 0.6 is 0 Å². The molecule has 2 aliphatic heterocycles. The number of likely N-dealkylation sites (tertiary alicyclic amines) is 1. The van der Waals surface area contributed by atoms with Crippen LogP contribution in [0.15, 0.2) is 0 Å². The number of piperidine rings is 1. The van der Waals surface area contributed by atoms with Gasteiger partial charge in [-0.25, -0.2) is 0 Å². The summed E-state index contributed by atoms with van der Waals surface area (Å²) in [6.45, 7) is 3.06. The number of halogens is 3. The molecule has 4 atom stereocenters. The second-order valence-electron chi connectivity index (χ2n) is 10.4. The highest BCUT2D eigenvalue weighted by atomic mass is 19.4. The number of nitrogens with one attached hydrogen (secondary N) is 2. The predicted molar refractivity (Wildman–Crippen MR) is 117 cm³/mol. The van der Waals surface area contributed by atoms with Crippen molar-refractivity contribution in [1.29, 1.82) is 0 Å². The van der Waals surface area contributed by atoms with Gasteiger partial charge in [0, 0.05) is 19.0 Å². The van der Waals surface area contributed by atoms with Crippen molar-refractivity contribution in [1.82, 2.24) is 15.5 Å². The smallest absolute Gasteiger partial charge is 0.383 e. The van der Waals surface area contributed by atoms with E-state index in [1.54, 1.807) is 0 Å². The lowest BCUT2D eigenvalue weighted by Crippen LogP contribution is -2.58. The molecule has 3 amide bonds. The Balaban J connectivity index is 1.75. The molecule has 2 saturated heterocycles. The summed E-state index contributed by atoms with van der Waals surface area (Å²) in [5.74, 6) is -3.18. The van der Waals surface area contributed by atoms with E-state index in [0.29, 0.717) is 25.8 Å². The molecule has 0 unspecified atom stereocenters. The van der Waals surface area contributed by atoms with Crippen molar-refractivity contribution < 1.29 is 42.2 Å². The number of aliphatic hydroxyl groups is 1. The topological polar surface area (TPSA) is 125 Å². The maximum atomic E-state index is 13.3. The fourth-order valence-corrected chi connectivity index (χ4v) is 4.95. The van der Waals surface area contributed by atoms with Crippen LogP contribution in [0.25, 0.3) is 0 Å². The van der Waals surface area contributed by atoms with Gasteiger partial charge in [-0.05, 0) is 56.3 Å². The first-order valence-electron chi connectivity index (χ1n) is 12.1. The number of ketones is 1. The highest BCUT2D eigenvalue weighted by molar-refractivity contribution is 5.94. The number of hydrogen-bond donors (Lipinski definition) is 3. The van der Waals surface area contributed by atoms with E-state index in [1.165, 1.54) is 4.90 Å². The molecule has 0 bridgehead atoms. The number of amides is 3. The van der Waals surface area contributed by atoms with Crippen LogP contribution in [0.5, 0.6) is 0 Å². The van der Waals surface area contributed by atoms with E-state index < -0.39 is 54.7 Å². The van der Waals surface area contributed by atoms with Crippen LogP contribution in [-0.4, -0.2) is 77.8 Å². The minimum absolute atomic E-state index is 0.0500. The summed E-state index contributed by atoms with van der Waals surface area (Å²) in [5, 5.41) is 15.5. The maximum Gasteiger partial charge on any atom is 0.522 e. The van der Waals surface area contributed by atoms with E-state index in [1.807, 2.05) is 13.8 Å². The predicted octanol–water partition coefficient (Wildman–Crippen LogP) is 1.28. The third kappa shape index (κ3) is 7.39. The van der Waals surface area contributed by atoms with Crippen LogP contribution in [0.2, 0.25) is 0 Å². The van der Waals surface area contributed by atoms with Crippen LogP contribution < -0.4 is 10.6 Å². The van der Waals surface area contributed by atoms with Gasteiger partial charge < -0.3 is 20.6 Å². The van der Waals surface area contributed by atoms with Crippen molar-refractivity contribution in [2.24, 2.45) is 17.3 Å². The van der Waals surface area contributed by atoms with Crippen molar-refractivity contribution in [3.63, 3.8) is 0 Å². The van der Waals surface area contributed by atoms with Gasteiger partial charge in [-0.1, -0.05) is 13.8 Å². The second-order valence-corrected chi connectivity index (χ2v) is 10.4. The van der Waals surface area contributed by atoms with Gasteiger partial charge in [0.2, 0.25) is 11.8 Å². The molecule has 3 rings (SSSR count). The zero-order valence-corrected chi connectivity index (χ0v) is 20.0. The Hall–Kier alpha value is -2.21. The van der Waals surface area contributed by atoms with Gasteiger partial charge in [0.05, 0.1) is 6.04 Å². The van der Waals surface area contributed by atoms with Crippen molar-refractivity contribution >= 4 is 23.5 Å². The van der Waals surface area contributed by atoms with Gasteiger partial charge in [-0.3, -0.25) is 23.9 Å². The lowest BCUT2D eigenvalue weighted by Gasteiger charge is -2.40. The van der Waals surface area contributed by atoms with Crippen molar-refractivity contribution in [2.75, 3.05) is 19.7 Å². The highest BCUT2D eigenvalue weighted by Crippen LogP contribution is 2.55. The minimum Gasteiger partial charge on any atom is -0.383 e. The van der Waals surface area contributed by atoms with Gasteiger partial charge in [0.15, 0.2) is 5.78 Å². The first kappa shape index (κ1) is 27.4. The first-order chi connectivity index (χ1) is 16.3. The largest absolute Gasteiger partial charge is 0.522 e. The zero-order chi connectivity index (χ0) is 26.0. The van der Waals surface area contributed by atoms with E-state index in [-0.39, 0.29) is 36.6 Å². The molecular weight excluding hydrogens is 471 g/mol. The maximum absolute atomic E-state index is 13.3. The molecule has 0 aromatic rings. The van der Waals surface area contributed by atoms with Crippen LogP contribution in [0.1, 0.15) is 58.8 Å². The first-order valence-corrected chi connectivity index (χ1v) is 12.1. The van der Waals surface area contributed by atoms with Gasteiger partial charge >= 0.3 is 6.36 Å². The molecule has 9 nitrogen and oxygen atoms in total. The molecule has 0 aromatic carbocycles. The number of Topliss-reactive ketones (excluding diaryl/α,β-unsaturated/α-hetero) is 1. The number of carbonyl (C=O) groups is 4. The average molecular weight is 506 g/mol. The lowest BCUT2D eigenvalue weighted by atomic mass is 9.86. The average Bonchev–Trinajstić information content (AvgIpc) is 3.40. The molecule has 198 valence electrons. The van der Waals surface area contributed by atoms with Crippen molar-refractivity contribution in [2.45, 2.75) is 83.3 Å². The highest BCUT2D eigenvalue weighted by Gasteiger charge is 2.51. The van der Waals surface area contributed by atoms with Crippen LogP contribution in [0.4, 0.5) is 13.2 Å². The molecule has 35 heavy (non-hydrogen) atoms. The molecule has 0 radical (unpaired) electrons. The van der Waals surface area contributed by atoms with Crippen molar-refractivity contribution in [3.05, 3.63) is 0 Å². The SMILES string of the molecule is CC(C)C[C@@H](O)C(=O)N1CCC2(CC2)C[C@H]1C(=O)N[C@@H](C[C@@H]1CCNC1=O)C(=O)COC(F)(F)F. The van der Waals surface area contributed by atoms with E-state index >= 15 is 0 Å². The summed E-state index contributed by atoms with van der Waals surface area (Å²) in [5.41, 5.74) is -0.0774. The molecule has 2 heterocycles. The Kier molecular flexibility index (Phi) is 8.46. The summed E-state index contributed by atoms with van der Waals surface area (Å²) < 4.78 is 41.2. The second kappa shape index (κ2) is 10.8. The quantitative estimate of drug-likeness (QED) is 0.411. The van der Waals surface area contributed by atoms with E-state index in [0.717, 1.165) is 12.8 Å². The molecule has 12 heteroatoms. The number of hydrogen-bond acceptors (Lipinski definition) is 6. The Bertz CT molecular complexity index is 830. The van der Waals surface area contributed by atoms with Gasteiger partial charge in [0.1, 0.15) is 18.8 Å². The summed E-state index contributed by atoms with van der Waals surface area (Å²) in [4.78, 5) is 52.2. The van der Waals surface area contributed by atoms with E-state index in [2.05, 4.69) is 15.4 Å². The van der Waals surface area contributed by atoms with E-state index in [4.69, 9.17) is 0 Å². The standard InChI is InChI=1S/C23H34F3N3O6/c1-13(2)9-17(30)21(34)29-8-6-22(4-5-22)11-16(29)20(33)28-15(10-14-3-7-27-19(14)32)18(31)12-35-23(24,25)26/h13-17,30H,3-12H2,1-2H3,(H,27,32)(H,28,33)/t14-,15-,16-,17+/m0/s1. The van der Waals surface area contributed by atoms with Crippen LogP contribution in [-0.2, 0) is 23.9 Å². The molecule has 3 fully saturated rings. The minimum atomic E-state index is -5.02. The van der Waals surface area contributed by atoms with Gasteiger partial charge in [-0.2, -0.15) is 0 Å². The van der Waals surface area contributed by atoms with Crippen LogP contribution in [0, 0.1) is 17.3 Å². The number of alkyl halides is 3. The Labute approximate surface area is 202 Å². The number of nitrogens with zero attached hydrogens (tertiary/aromatic N) is 1. The van der Waals surface area contributed by atoms with Gasteiger partial charge in [-0.15, -0.1) is 13.2 Å². The van der Waals surface area contributed by atoms with Gasteiger partial charge in [0.25, 0.3) is 5.91 Å². The fraction of sp³-hybridized carbons (Fsp3) is 0.826. The molecule has 1 spiro atoms. The number of ether oxygens (including phenoxy) is 1. The van der Waals surface area contributed by atoms with Crippen molar-refractivity contribution in [3.8, 4) is 0 Å². The monoisotopic (exact) mass is 505 g/mol. The zero-order valence-electron chi connectivity index (χ0n) is 20.0. The number of aliphatic hydroxyl groups excluding tert-OH is 1. The third-order valence-corrected chi connectivity index (χ3v) is 7.17. The summed E-state index contributed by atoms with van der Waals surface area (Å²) in [6, 6.07) is -2.34. The van der Waals surface area contributed by atoms with E-state index in [9.17, 15) is 37.5 Å². The Morgan fingerprint density at radius 1 is 1.26 bits per heavy atom. The third-order valence-electron chi connectivity index (χ3n) is 7.17.